The molecule has 2 atom stereocenters. The minimum atomic E-state index is -0.667. The van der Waals surface area contributed by atoms with Gasteiger partial charge in [-0.15, -0.1) is 0 Å². The van der Waals surface area contributed by atoms with E-state index in [9.17, 15) is 9.59 Å². The van der Waals surface area contributed by atoms with Crippen LogP contribution in [0.15, 0.2) is 54.6 Å². The number of rotatable bonds is 6. The number of likely N-dealkylation sites (tertiary alicyclic amines) is 1. The number of nitrogens with one attached hydrogen (secondary N) is 1. The van der Waals surface area contributed by atoms with E-state index in [1.54, 1.807) is 0 Å². The van der Waals surface area contributed by atoms with E-state index in [4.69, 9.17) is 4.74 Å². The molecule has 2 aromatic carbocycles. The summed E-state index contributed by atoms with van der Waals surface area (Å²) in [6.45, 7) is 6.75. The molecule has 2 unspecified atom stereocenters. The van der Waals surface area contributed by atoms with Gasteiger partial charge in [0.25, 0.3) is 5.91 Å². The molecule has 0 bridgehead atoms. The predicted octanol–water partition coefficient (Wildman–Crippen LogP) is 5.09. The fourth-order valence-corrected chi connectivity index (χ4v) is 6.23. The Morgan fingerprint density at radius 3 is 2.32 bits per heavy atom. The fourth-order valence-electron chi connectivity index (χ4n) is 6.23. The summed E-state index contributed by atoms with van der Waals surface area (Å²) in [4.78, 5) is 32.5. The summed E-state index contributed by atoms with van der Waals surface area (Å²) in [5.41, 5.74) is 2.11. The zero-order valence-corrected chi connectivity index (χ0v) is 22.3. The van der Waals surface area contributed by atoms with E-state index in [1.165, 1.54) is 12.0 Å². The van der Waals surface area contributed by atoms with Crippen LogP contribution in [-0.2, 0) is 16.1 Å². The maximum atomic E-state index is 14.1. The fraction of sp³-hybridized carbons (Fsp3) is 0.548. The van der Waals surface area contributed by atoms with Crippen molar-refractivity contribution < 1.29 is 14.3 Å². The lowest BCUT2D eigenvalue weighted by Crippen LogP contribution is -2.55. The third-order valence-electron chi connectivity index (χ3n) is 8.25. The van der Waals surface area contributed by atoms with E-state index in [-0.39, 0.29) is 29.8 Å². The third-order valence-corrected chi connectivity index (χ3v) is 8.25. The summed E-state index contributed by atoms with van der Waals surface area (Å²) < 4.78 is 6.34. The second kappa shape index (κ2) is 11.7. The summed E-state index contributed by atoms with van der Waals surface area (Å²) in [7, 11) is 0. The van der Waals surface area contributed by atoms with Crippen molar-refractivity contribution >= 4 is 11.8 Å². The molecule has 198 valence electrons. The molecule has 1 saturated heterocycles. The summed E-state index contributed by atoms with van der Waals surface area (Å²) in [5, 5.41) is 3.33. The second-order valence-electron chi connectivity index (χ2n) is 11.3. The SMILES string of the molecule is CC(C)C1Oc2ccccc2C(C(=O)NC2CCCCC2)N(C2CCN(Cc3ccccc3)CC2)C1=O. The number of nitrogens with zero attached hydrogens (tertiary/aromatic N) is 2. The Hall–Kier alpha value is -2.86. The van der Waals surface area contributed by atoms with Gasteiger partial charge < -0.3 is 15.0 Å². The Bertz CT molecular complexity index is 1060. The Morgan fingerprint density at radius 1 is 0.946 bits per heavy atom. The average Bonchev–Trinajstić information content (AvgIpc) is 3.05. The van der Waals surface area contributed by atoms with Crippen LogP contribution in [0.1, 0.15) is 76.0 Å². The minimum Gasteiger partial charge on any atom is -0.480 e. The van der Waals surface area contributed by atoms with Gasteiger partial charge in [-0.05, 0) is 43.2 Å². The number of ether oxygens (including phenoxy) is 1. The number of amides is 2. The van der Waals surface area contributed by atoms with Gasteiger partial charge in [-0.3, -0.25) is 14.5 Å². The van der Waals surface area contributed by atoms with Crippen molar-refractivity contribution in [1.29, 1.82) is 0 Å². The molecule has 2 heterocycles. The molecular formula is C31H41N3O3. The van der Waals surface area contributed by atoms with Gasteiger partial charge in [0.15, 0.2) is 6.10 Å². The first kappa shape index (κ1) is 25.8. The number of hydrogen-bond donors (Lipinski definition) is 1. The number of para-hydroxylation sites is 1. The van der Waals surface area contributed by atoms with Crippen molar-refractivity contribution in [2.45, 2.75) is 89.6 Å². The summed E-state index contributed by atoms with van der Waals surface area (Å²) >= 11 is 0. The van der Waals surface area contributed by atoms with Gasteiger partial charge in [-0.2, -0.15) is 0 Å². The minimum absolute atomic E-state index is 0.00128. The van der Waals surface area contributed by atoms with Crippen molar-refractivity contribution in [2.75, 3.05) is 13.1 Å². The molecule has 2 aliphatic heterocycles. The largest absolute Gasteiger partial charge is 0.480 e. The number of carbonyl (C=O) groups excluding carboxylic acids is 2. The molecular weight excluding hydrogens is 462 g/mol. The molecule has 1 N–H and O–H groups in total. The molecule has 3 aliphatic rings. The molecule has 1 saturated carbocycles. The normalized spacial score (nSPS) is 23.9. The maximum Gasteiger partial charge on any atom is 0.265 e. The Balaban J connectivity index is 1.42. The molecule has 2 fully saturated rings. The standard InChI is InChI=1S/C31H41N3O3/c1-22(2)29-31(36)34(25-17-19-33(20-18-25)21-23-11-5-3-6-12-23)28(26-15-9-10-16-27(26)37-29)30(35)32-24-13-7-4-8-14-24/h3,5-6,9-12,15-16,22,24-25,28-29H,4,7-8,13-14,17-21H2,1-2H3,(H,32,35). The zero-order chi connectivity index (χ0) is 25.8. The van der Waals surface area contributed by atoms with Crippen LogP contribution >= 0.6 is 0 Å². The first-order chi connectivity index (χ1) is 18.0. The first-order valence-corrected chi connectivity index (χ1v) is 14.2. The number of piperidine rings is 1. The van der Waals surface area contributed by atoms with Gasteiger partial charge in [0, 0.05) is 37.3 Å². The molecule has 0 radical (unpaired) electrons. The van der Waals surface area contributed by atoms with Crippen molar-refractivity contribution in [3.8, 4) is 5.75 Å². The molecule has 6 nitrogen and oxygen atoms in total. The number of carbonyl (C=O) groups is 2. The van der Waals surface area contributed by atoms with Crippen LogP contribution in [-0.4, -0.2) is 52.9 Å². The van der Waals surface area contributed by atoms with E-state index in [0.717, 1.165) is 63.7 Å². The molecule has 0 spiro atoms. The van der Waals surface area contributed by atoms with E-state index < -0.39 is 12.1 Å². The van der Waals surface area contributed by atoms with Crippen LogP contribution in [0.25, 0.3) is 0 Å². The lowest BCUT2D eigenvalue weighted by molar-refractivity contribution is -0.151. The summed E-state index contributed by atoms with van der Waals surface area (Å²) in [6.07, 6.45) is 6.64. The highest BCUT2D eigenvalue weighted by Gasteiger charge is 2.45. The van der Waals surface area contributed by atoms with Crippen molar-refractivity contribution in [3.63, 3.8) is 0 Å². The molecule has 37 heavy (non-hydrogen) atoms. The van der Waals surface area contributed by atoms with Gasteiger partial charge in [-0.1, -0.05) is 81.6 Å². The topological polar surface area (TPSA) is 61.9 Å². The van der Waals surface area contributed by atoms with Crippen LogP contribution in [0.5, 0.6) is 5.75 Å². The van der Waals surface area contributed by atoms with Crippen LogP contribution < -0.4 is 10.1 Å². The van der Waals surface area contributed by atoms with Crippen LogP contribution in [0, 0.1) is 5.92 Å². The summed E-state index contributed by atoms with van der Waals surface area (Å²) in [5.74, 6) is 0.535. The van der Waals surface area contributed by atoms with Gasteiger partial charge in [-0.25, -0.2) is 0 Å². The monoisotopic (exact) mass is 503 g/mol. The Morgan fingerprint density at radius 2 is 1.62 bits per heavy atom. The van der Waals surface area contributed by atoms with Crippen LogP contribution in [0.4, 0.5) is 0 Å². The van der Waals surface area contributed by atoms with E-state index in [1.807, 2.05) is 49.1 Å². The van der Waals surface area contributed by atoms with E-state index >= 15 is 0 Å². The second-order valence-corrected chi connectivity index (χ2v) is 11.3. The van der Waals surface area contributed by atoms with Gasteiger partial charge in [0.2, 0.25) is 5.91 Å². The van der Waals surface area contributed by atoms with Gasteiger partial charge >= 0.3 is 0 Å². The smallest absolute Gasteiger partial charge is 0.265 e. The molecule has 2 aromatic rings. The highest BCUT2D eigenvalue weighted by Crippen LogP contribution is 2.39. The van der Waals surface area contributed by atoms with E-state index in [2.05, 4.69) is 34.5 Å². The lowest BCUT2D eigenvalue weighted by atomic mass is 9.93. The molecule has 0 aromatic heterocycles. The van der Waals surface area contributed by atoms with Gasteiger partial charge in [0.1, 0.15) is 11.8 Å². The predicted molar refractivity (Wildman–Crippen MR) is 145 cm³/mol. The highest BCUT2D eigenvalue weighted by atomic mass is 16.5. The van der Waals surface area contributed by atoms with Gasteiger partial charge in [0.05, 0.1) is 0 Å². The van der Waals surface area contributed by atoms with Crippen LogP contribution in [0.3, 0.4) is 0 Å². The Labute approximate surface area is 221 Å². The zero-order valence-electron chi connectivity index (χ0n) is 22.3. The lowest BCUT2D eigenvalue weighted by Gasteiger charge is -2.42. The highest BCUT2D eigenvalue weighted by molar-refractivity contribution is 5.92. The third kappa shape index (κ3) is 5.85. The summed E-state index contributed by atoms with van der Waals surface area (Å²) in [6, 6.07) is 17.8. The molecule has 6 heteroatoms. The maximum absolute atomic E-state index is 14.1. The van der Waals surface area contributed by atoms with E-state index in [0.29, 0.717) is 5.75 Å². The molecule has 5 rings (SSSR count). The molecule has 1 aliphatic carbocycles. The van der Waals surface area contributed by atoms with Crippen LogP contribution in [0.2, 0.25) is 0 Å². The first-order valence-electron chi connectivity index (χ1n) is 14.2. The Kier molecular flexibility index (Phi) is 8.14. The van der Waals surface area contributed by atoms with Crippen molar-refractivity contribution in [3.05, 3.63) is 65.7 Å². The quantitative estimate of drug-likeness (QED) is 0.597. The number of fused-ring (bicyclic) bond motifs is 1. The average molecular weight is 504 g/mol. The number of benzene rings is 2. The number of hydrogen-bond acceptors (Lipinski definition) is 4. The van der Waals surface area contributed by atoms with Crippen molar-refractivity contribution in [1.82, 2.24) is 15.1 Å². The molecule has 2 amide bonds. The van der Waals surface area contributed by atoms with Crippen molar-refractivity contribution in [2.24, 2.45) is 5.92 Å².